The highest BCUT2D eigenvalue weighted by Crippen LogP contribution is 2.46. The number of hydrogen-bond donors (Lipinski definition) is 2. The summed E-state index contributed by atoms with van der Waals surface area (Å²) in [6.45, 7) is 6.59. The number of aliphatic hydroxyl groups is 1. The quantitative estimate of drug-likeness (QED) is 0.743. The zero-order valence-electron chi connectivity index (χ0n) is 11.7. The molecule has 4 heteroatoms. The van der Waals surface area contributed by atoms with Crippen molar-refractivity contribution in [2.75, 3.05) is 13.2 Å². The fourth-order valence-corrected chi connectivity index (χ4v) is 3.09. The van der Waals surface area contributed by atoms with E-state index in [0.717, 1.165) is 19.3 Å². The monoisotopic (exact) mass is 258 g/mol. The van der Waals surface area contributed by atoms with E-state index in [-0.39, 0.29) is 17.9 Å². The van der Waals surface area contributed by atoms with Crippen LogP contribution in [-0.4, -0.2) is 35.0 Å². The van der Waals surface area contributed by atoms with Gasteiger partial charge in [0.25, 0.3) is 0 Å². The molecule has 1 fully saturated rings. The molecule has 4 nitrogen and oxygen atoms in total. The van der Waals surface area contributed by atoms with E-state index in [1.54, 1.807) is 0 Å². The van der Waals surface area contributed by atoms with Gasteiger partial charge in [-0.25, -0.2) is 4.79 Å². The van der Waals surface area contributed by atoms with Crippen molar-refractivity contribution in [3.63, 3.8) is 0 Å². The van der Waals surface area contributed by atoms with Crippen molar-refractivity contribution < 1.29 is 19.7 Å². The first-order valence-electron chi connectivity index (χ1n) is 6.83. The normalized spacial score (nSPS) is 29.2. The molecule has 1 rings (SSSR count). The maximum atomic E-state index is 11.7. The number of ether oxygens (including phenoxy) is 1. The van der Waals surface area contributed by atoms with Crippen LogP contribution in [0.4, 0.5) is 0 Å². The Balaban J connectivity index is 2.93. The van der Waals surface area contributed by atoms with Gasteiger partial charge in [-0.15, -0.1) is 0 Å². The molecule has 0 amide bonds. The lowest BCUT2D eigenvalue weighted by atomic mass is 9.63. The molecule has 106 valence electrons. The third-order valence-electron chi connectivity index (χ3n) is 3.92. The molecule has 2 unspecified atom stereocenters. The van der Waals surface area contributed by atoms with Gasteiger partial charge in [-0.05, 0) is 31.1 Å². The first-order valence-corrected chi connectivity index (χ1v) is 6.83. The van der Waals surface area contributed by atoms with Gasteiger partial charge in [0.2, 0.25) is 0 Å². The number of aliphatic carboxylic acids is 1. The molecule has 0 spiro atoms. The van der Waals surface area contributed by atoms with Crippen LogP contribution in [0.1, 0.15) is 52.9 Å². The molecule has 1 saturated carbocycles. The first-order chi connectivity index (χ1) is 8.34. The highest BCUT2D eigenvalue weighted by Gasteiger charge is 2.52. The predicted molar refractivity (Wildman–Crippen MR) is 69.4 cm³/mol. The smallest absolute Gasteiger partial charge is 0.336 e. The molecule has 1 aliphatic rings. The summed E-state index contributed by atoms with van der Waals surface area (Å²) in [5.74, 6) is -0.824. The summed E-state index contributed by atoms with van der Waals surface area (Å²) in [6.07, 6.45) is 3.94. The average Bonchev–Trinajstić information content (AvgIpc) is 2.28. The van der Waals surface area contributed by atoms with Crippen LogP contribution in [0.25, 0.3) is 0 Å². The van der Waals surface area contributed by atoms with Crippen molar-refractivity contribution >= 4 is 5.97 Å². The third kappa shape index (κ3) is 3.23. The van der Waals surface area contributed by atoms with E-state index in [2.05, 4.69) is 20.8 Å². The van der Waals surface area contributed by atoms with Crippen molar-refractivity contribution in [2.24, 2.45) is 11.3 Å². The molecule has 0 aromatic rings. The Morgan fingerprint density at radius 1 is 1.39 bits per heavy atom. The summed E-state index contributed by atoms with van der Waals surface area (Å²) >= 11 is 0. The van der Waals surface area contributed by atoms with Gasteiger partial charge in [-0.3, -0.25) is 0 Å². The minimum atomic E-state index is -1.06. The van der Waals surface area contributed by atoms with Gasteiger partial charge in [-0.1, -0.05) is 27.2 Å². The maximum Gasteiger partial charge on any atom is 0.336 e. The van der Waals surface area contributed by atoms with E-state index < -0.39 is 11.6 Å². The fraction of sp³-hybridized carbons (Fsp3) is 0.929. The number of rotatable bonds is 5. The summed E-state index contributed by atoms with van der Waals surface area (Å²) in [5.41, 5.74) is -1.15. The van der Waals surface area contributed by atoms with Crippen LogP contribution >= 0.6 is 0 Å². The first kappa shape index (κ1) is 15.4. The molecule has 0 aromatic carbocycles. The molecule has 0 heterocycles. The average molecular weight is 258 g/mol. The van der Waals surface area contributed by atoms with Crippen LogP contribution in [0.3, 0.4) is 0 Å². The molecule has 0 saturated heterocycles. The summed E-state index contributed by atoms with van der Waals surface area (Å²) in [4.78, 5) is 11.7. The SMILES string of the molecule is CC(C)(C)C1CCCCC1(OCCCO)C(=O)O. The van der Waals surface area contributed by atoms with Crippen molar-refractivity contribution in [2.45, 2.75) is 58.5 Å². The molecule has 2 atom stereocenters. The van der Waals surface area contributed by atoms with Crippen LogP contribution in [-0.2, 0) is 9.53 Å². The molecule has 0 bridgehead atoms. The minimum absolute atomic E-state index is 0.0231. The number of carboxylic acids is 1. The van der Waals surface area contributed by atoms with Crippen LogP contribution < -0.4 is 0 Å². The second-order valence-corrected chi connectivity index (χ2v) is 6.28. The highest BCUT2D eigenvalue weighted by molar-refractivity contribution is 5.78. The number of aliphatic hydroxyl groups excluding tert-OH is 1. The van der Waals surface area contributed by atoms with E-state index >= 15 is 0 Å². The topological polar surface area (TPSA) is 66.8 Å². The van der Waals surface area contributed by atoms with E-state index in [4.69, 9.17) is 9.84 Å². The summed E-state index contributed by atoms with van der Waals surface area (Å²) in [6, 6.07) is 0. The zero-order chi connectivity index (χ0) is 13.8. The Kier molecular flexibility index (Phi) is 5.17. The van der Waals surface area contributed by atoms with Crippen LogP contribution in [0.2, 0.25) is 0 Å². The van der Waals surface area contributed by atoms with Crippen molar-refractivity contribution in [3.8, 4) is 0 Å². The van der Waals surface area contributed by atoms with Gasteiger partial charge in [-0.2, -0.15) is 0 Å². The van der Waals surface area contributed by atoms with E-state index in [9.17, 15) is 9.90 Å². The highest BCUT2D eigenvalue weighted by atomic mass is 16.5. The Labute approximate surface area is 109 Å². The van der Waals surface area contributed by atoms with Crippen molar-refractivity contribution in [3.05, 3.63) is 0 Å². The Morgan fingerprint density at radius 3 is 2.56 bits per heavy atom. The predicted octanol–water partition coefficient (Wildman–Crippen LogP) is 2.45. The second kappa shape index (κ2) is 6.02. The minimum Gasteiger partial charge on any atom is -0.479 e. The summed E-state index contributed by atoms with van der Waals surface area (Å²) in [5, 5.41) is 18.5. The van der Waals surface area contributed by atoms with Gasteiger partial charge >= 0.3 is 5.97 Å². The molecule has 0 aromatic heterocycles. The number of hydrogen-bond acceptors (Lipinski definition) is 3. The van der Waals surface area contributed by atoms with Gasteiger partial charge in [0.05, 0.1) is 6.61 Å². The lowest BCUT2D eigenvalue weighted by Gasteiger charge is -2.46. The molecular weight excluding hydrogens is 232 g/mol. The van der Waals surface area contributed by atoms with Crippen molar-refractivity contribution in [1.82, 2.24) is 0 Å². The number of carboxylic acid groups (broad SMARTS) is 1. The van der Waals surface area contributed by atoms with E-state index in [1.165, 1.54) is 0 Å². The van der Waals surface area contributed by atoms with Crippen molar-refractivity contribution in [1.29, 1.82) is 0 Å². The van der Waals surface area contributed by atoms with E-state index in [0.29, 0.717) is 19.4 Å². The fourth-order valence-electron chi connectivity index (χ4n) is 3.09. The number of carbonyl (C=O) groups is 1. The molecule has 2 N–H and O–H groups in total. The zero-order valence-corrected chi connectivity index (χ0v) is 11.7. The maximum absolute atomic E-state index is 11.7. The van der Waals surface area contributed by atoms with Gasteiger partial charge in [0.1, 0.15) is 0 Å². The summed E-state index contributed by atoms with van der Waals surface area (Å²) in [7, 11) is 0. The molecular formula is C14H26O4. The lowest BCUT2D eigenvalue weighted by Crippen LogP contribution is -2.54. The van der Waals surface area contributed by atoms with Gasteiger partial charge in [0.15, 0.2) is 5.60 Å². The Hall–Kier alpha value is -0.610. The molecule has 18 heavy (non-hydrogen) atoms. The standard InChI is InChI=1S/C14H26O4/c1-13(2,3)11-7-4-5-8-14(11,12(16)17)18-10-6-9-15/h11,15H,4-10H2,1-3H3,(H,16,17). The summed E-state index contributed by atoms with van der Waals surface area (Å²) < 4.78 is 5.75. The van der Waals surface area contributed by atoms with E-state index in [1.807, 2.05) is 0 Å². The Morgan fingerprint density at radius 2 is 2.06 bits per heavy atom. The molecule has 0 aliphatic heterocycles. The largest absolute Gasteiger partial charge is 0.479 e. The molecule has 0 radical (unpaired) electrons. The van der Waals surface area contributed by atoms with Crippen LogP contribution in [0, 0.1) is 11.3 Å². The van der Waals surface area contributed by atoms with Gasteiger partial charge in [0, 0.05) is 12.5 Å². The molecule has 1 aliphatic carbocycles. The van der Waals surface area contributed by atoms with Crippen LogP contribution in [0.5, 0.6) is 0 Å². The van der Waals surface area contributed by atoms with Gasteiger partial charge < -0.3 is 14.9 Å². The second-order valence-electron chi connectivity index (χ2n) is 6.28. The third-order valence-corrected chi connectivity index (χ3v) is 3.92. The lowest BCUT2D eigenvalue weighted by molar-refractivity contribution is -0.190. The van der Waals surface area contributed by atoms with Crippen LogP contribution in [0.15, 0.2) is 0 Å². The Bertz CT molecular complexity index is 282.